The summed E-state index contributed by atoms with van der Waals surface area (Å²) in [5.41, 5.74) is 5.33. The summed E-state index contributed by atoms with van der Waals surface area (Å²) >= 11 is 4.91. The fraction of sp³-hybridized carbons (Fsp3) is 0.400. The molecule has 0 aliphatic heterocycles. The van der Waals surface area contributed by atoms with Crippen LogP contribution in [0.3, 0.4) is 0 Å². The minimum absolute atomic E-state index is 0. The van der Waals surface area contributed by atoms with Gasteiger partial charge >= 0.3 is 0 Å². The van der Waals surface area contributed by atoms with Gasteiger partial charge in [0, 0.05) is 11.1 Å². The first-order valence-electron chi connectivity index (χ1n) is 2.63. The van der Waals surface area contributed by atoms with E-state index in [1.807, 2.05) is 6.20 Å². The maximum atomic E-state index is 5.33. The molecule has 0 amide bonds. The highest BCUT2D eigenvalue weighted by Crippen LogP contribution is 2.17. The Balaban J connectivity index is 0.000000810. The van der Waals surface area contributed by atoms with E-state index in [9.17, 15) is 0 Å². The summed E-state index contributed by atoms with van der Waals surface area (Å²) < 4.78 is 0.936. The molecule has 0 spiro atoms. The second kappa shape index (κ2) is 5.07. The zero-order valence-corrected chi connectivity index (χ0v) is 8.43. The number of hydrogen-bond acceptors (Lipinski definition) is 3. The van der Waals surface area contributed by atoms with Gasteiger partial charge in [-0.15, -0.1) is 23.7 Å². The Hall–Kier alpha value is 0.360. The molecule has 5 heteroatoms. The van der Waals surface area contributed by atoms with Gasteiger partial charge in [-0.2, -0.15) is 0 Å². The van der Waals surface area contributed by atoms with Crippen molar-refractivity contribution in [2.24, 2.45) is 5.73 Å². The largest absolute Gasteiger partial charge is 0.330 e. The maximum Gasteiger partial charge on any atom is 0.159 e. The first-order chi connectivity index (χ1) is 4.33. The third kappa shape index (κ3) is 2.96. The number of rotatable bonds is 2. The lowest BCUT2D eigenvalue weighted by atomic mass is 10.4. The molecule has 0 aromatic carbocycles. The lowest BCUT2D eigenvalue weighted by Gasteiger charge is -1.85. The number of aromatic nitrogens is 1. The Morgan fingerprint density at radius 1 is 1.70 bits per heavy atom. The normalized spacial score (nSPS) is 9.00. The standard InChI is InChI=1S/C5H7BrN2S.ClH/c6-5-8-3-4(9-5)1-2-7;/h3H,1-2,7H2;1H. The van der Waals surface area contributed by atoms with Crippen LogP contribution in [-0.4, -0.2) is 11.5 Å². The first-order valence-corrected chi connectivity index (χ1v) is 4.24. The molecule has 1 aromatic heterocycles. The van der Waals surface area contributed by atoms with Crippen molar-refractivity contribution >= 4 is 39.7 Å². The average molecular weight is 244 g/mol. The van der Waals surface area contributed by atoms with Gasteiger partial charge in [0.15, 0.2) is 3.92 Å². The van der Waals surface area contributed by atoms with Gasteiger partial charge in [-0.3, -0.25) is 0 Å². The molecule has 0 aliphatic carbocycles. The molecule has 2 nitrogen and oxygen atoms in total. The van der Waals surface area contributed by atoms with E-state index in [2.05, 4.69) is 20.9 Å². The van der Waals surface area contributed by atoms with Crippen molar-refractivity contribution in [2.75, 3.05) is 6.54 Å². The maximum absolute atomic E-state index is 5.33. The van der Waals surface area contributed by atoms with Crippen molar-refractivity contribution in [2.45, 2.75) is 6.42 Å². The van der Waals surface area contributed by atoms with Crippen molar-refractivity contribution in [3.05, 3.63) is 15.0 Å². The summed E-state index contributed by atoms with van der Waals surface area (Å²) in [5.74, 6) is 0. The molecule has 0 saturated heterocycles. The summed E-state index contributed by atoms with van der Waals surface area (Å²) in [5, 5.41) is 0. The Kier molecular flexibility index (Phi) is 5.25. The van der Waals surface area contributed by atoms with Gasteiger partial charge in [0.25, 0.3) is 0 Å². The molecule has 1 rings (SSSR count). The van der Waals surface area contributed by atoms with E-state index in [1.54, 1.807) is 11.3 Å². The molecule has 0 saturated carbocycles. The van der Waals surface area contributed by atoms with Crippen LogP contribution in [0.4, 0.5) is 0 Å². The highest BCUT2D eigenvalue weighted by atomic mass is 79.9. The van der Waals surface area contributed by atoms with E-state index in [0.717, 1.165) is 10.3 Å². The molecule has 10 heavy (non-hydrogen) atoms. The molecule has 0 unspecified atom stereocenters. The monoisotopic (exact) mass is 242 g/mol. The molecule has 58 valence electrons. The average Bonchev–Trinajstić information content (AvgIpc) is 2.17. The highest BCUT2D eigenvalue weighted by Gasteiger charge is 1.95. The Morgan fingerprint density at radius 3 is 2.80 bits per heavy atom. The summed E-state index contributed by atoms with van der Waals surface area (Å²) in [6.45, 7) is 0.703. The van der Waals surface area contributed by atoms with Crippen LogP contribution in [-0.2, 0) is 6.42 Å². The van der Waals surface area contributed by atoms with Crippen molar-refractivity contribution in [3.63, 3.8) is 0 Å². The van der Waals surface area contributed by atoms with Gasteiger partial charge in [0.2, 0.25) is 0 Å². The molecule has 0 aliphatic rings. The van der Waals surface area contributed by atoms with Crippen LogP contribution in [0.15, 0.2) is 10.1 Å². The Morgan fingerprint density at radius 2 is 2.40 bits per heavy atom. The van der Waals surface area contributed by atoms with E-state index in [-0.39, 0.29) is 12.4 Å². The van der Waals surface area contributed by atoms with Gasteiger partial charge in [-0.05, 0) is 28.9 Å². The fourth-order valence-electron chi connectivity index (χ4n) is 0.541. The Bertz CT molecular complexity index is 192. The van der Waals surface area contributed by atoms with Crippen LogP contribution in [0.25, 0.3) is 0 Å². The van der Waals surface area contributed by atoms with Gasteiger partial charge in [0.1, 0.15) is 0 Å². The van der Waals surface area contributed by atoms with Gasteiger partial charge in [-0.25, -0.2) is 4.98 Å². The second-order valence-corrected chi connectivity index (χ2v) is 4.01. The zero-order valence-electron chi connectivity index (χ0n) is 5.21. The minimum Gasteiger partial charge on any atom is -0.330 e. The van der Waals surface area contributed by atoms with Gasteiger partial charge in [0.05, 0.1) is 0 Å². The number of halogens is 2. The van der Waals surface area contributed by atoms with Crippen LogP contribution in [0.1, 0.15) is 4.88 Å². The molecule has 0 radical (unpaired) electrons. The highest BCUT2D eigenvalue weighted by molar-refractivity contribution is 9.11. The number of hydrogen-bond donors (Lipinski definition) is 1. The minimum atomic E-state index is 0. The predicted octanol–water partition coefficient (Wildman–Crippen LogP) is 1.83. The lowest BCUT2D eigenvalue weighted by Crippen LogP contribution is -2.00. The lowest BCUT2D eigenvalue weighted by molar-refractivity contribution is 0.984. The second-order valence-electron chi connectivity index (χ2n) is 1.62. The van der Waals surface area contributed by atoms with E-state index >= 15 is 0 Å². The van der Waals surface area contributed by atoms with Crippen LogP contribution in [0, 0.1) is 0 Å². The molecule has 1 heterocycles. The van der Waals surface area contributed by atoms with Crippen molar-refractivity contribution in [1.82, 2.24) is 4.98 Å². The summed E-state index contributed by atoms with van der Waals surface area (Å²) in [4.78, 5) is 5.26. The Labute approximate surface area is 78.4 Å². The summed E-state index contributed by atoms with van der Waals surface area (Å²) in [7, 11) is 0. The number of thiazole rings is 1. The quantitative estimate of drug-likeness (QED) is 0.861. The van der Waals surface area contributed by atoms with Gasteiger partial charge in [-0.1, -0.05) is 0 Å². The van der Waals surface area contributed by atoms with E-state index in [4.69, 9.17) is 5.73 Å². The van der Waals surface area contributed by atoms with E-state index in [1.165, 1.54) is 4.88 Å². The molecular formula is C5H8BrClN2S. The number of nitrogens with two attached hydrogens (primary N) is 1. The molecular weight excluding hydrogens is 235 g/mol. The third-order valence-corrected chi connectivity index (χ3v) is 2.45. The van der Waals surface area contributed by atoms with Crippen molar-refractivity contribution in [1.29, 1.82) is 0 Å². The summed E-state index contributed by atoms with van der Waals surface area (Å²) in [6, 6.07) is 0. The molecule has 0 atom stereocenters. The fourth-order valence-corrected chi connectivity index (χ4v) is 1.91. The molecule has 0 fully saturated rings. The third-order valence-electron chi connectivity index (χ3n) is 0.916. The van der Waals surface area contributed by atoms with Crippen LogP contribution in [0.5, 0.6) is 0 Å². The van der Waals surface area contributed by atoms with Gasteiger partial charge < -0.3 is 5.73 Å². The molecule has 2 N–H and O–H groups in total. The topological polar surface area (TPSA) is 38.9 Å². The summed E-state index contributed by atoms with van der Waals surface area (Å²) in [6.07, 6.45) is 2.78. The van der Waals surface area contributed by atoms with Crippen LogP contribution < -0.4 is 5.73 Å². The molecule has 0 bridgehead atoms. The first kappa shape index (κ1) is 10.4. The zero-order chi connectivity index (χ0) is 6.69. The van der Waals surface area contributed by atoms with E-state index < -0.39 is 0 Å². The number of nitrogens with zero attached hydrogens (tertiary/aromatic N) is 1. The molecule has 1 aromatic rings. The van der Waals surface area contributed by atoms with Crippen LogP contribution in [0.2, 0.25) is 0 Å². The predicted molar refractivity (Wildman–Crippen MR) is 49.8 cm³/mol. The van der Waals surface area contributed by atoms with Crippen LogP contribution >= 0.6 is 39.7 Å². The SMILES string of the molecule is Cl.NCCc1cnc(Br)s1. The smallest absolute Gasteiger partial charge is 0.159 e. The van der Waals surface area contributed by atoms with Crippen molar-refractivity contribution < 1.29 is 0 Å². The van der Waals surface area contributed by atoms with Crippen molar-refractivity contribution in [3.8, 4) is 0 Å². The van der Waals surface area contributed by atoms with E-state index in [0.29, 0.717) is 6.54 Å².